The molecule has 0 aliphatic carbocycles. The summed E-state index contributed by atoms with van der Waals surface area (Å²) in [5.41, 5.74) is 4.26. The van der Waals surface area contributed by atoms with Crippen LogP contribution in [-0.2, 0) is 13.2 Å². The lowest BCUT2D eigenvalue weighted by Gasteiger charge is -2.12. The Labute approximate surface area is 188 Å². The van der Waals surface area contributed by atoms with Gasteiger partial charge in [-0.25, -0.2) is 9.78 Å². The van der Waals surface area contributed by atoms with Crippen LogP contribution in [0.15, 0.2) is 54.0 Å². The van der Waals surface area contributed by atoms with Crippen molar-refractivity contribution in [3.63, 3.8) is 0 Å². The van der Waals surface area contributed by atoms with Crippen molar-refractivity contribution in [2.75, 3.05) is 0 Å². The number of hydrogen-bond donors (Lipinski definition) is 1. The zero-order chi connectivity index (χ0) is 22.0. The van der Waals surface area contributed by atoms with E-state index in [1.165, 1.54) is 23.1 Å². The van der Waals surface area contributed by atoms with Crippen molar-refractivity contribution in [1.29, 1.82) is 0 Å². The van der Waals surface area contributed by atoms with Crippen molar-refractivity contribution in [1.82, 2.24) is 4.98 Å². The predicted octanol–water partition coefficient (Wildman–Crippen LogP) is 6.42. The molecule has 0 saturated heterocycles. The maximum atomic E-state index is 11.5. The second-order valence-corrected chi connectivity index (χ2v) is 8.46. The first-order valence-electron chi connectivity index (χ1n) is 9.62. The third-order valence-electron chi connectivity index (χ3n) is 4.93. The molecule has 1 N–H and O–H groups in total. The number of carboxylic acid groups (broad SMARTS) is 1. The van der Waals surface area contributed by atoms with Crippen LogP contribution in [0.1, 0.15) is 32.6 Å². The third-order valence-corrected chi connectivity index (χ3v) is 6.28. The molecule has 2 heterocycles. The van der Waals surface area contributed by atoms with Gasteiger partial charge in [0.15, 0.2) is 0 Å². The molecule has 7 heteroatoms. The Morgan fingerprint density at radius 2 is 1.74 bits per heavy atom. The van der Waals surface area contributed by atoms with Crippen LogP contribution in [0.2, 0.25) is 5.15 Å². The summed E-state index contributed by atoms with van der Waals surface area (Å²) in [5.74, 6) is 0.358. The second-order valence-electron chi connectivity index (χ2n) is 7.22. The van der Waals surface area contributed by atoms with Gasteiger partial charge in [0.25, 0.3) is 0 Å². The van der Waals surface area contributed by atoms with Crippen LogP contribution in [0.25, 0.3) is 10.1 Å². The van der Waals surface area contributed by atoms with Gasteiger partial charge in [0.1, 0.15) is 29.9 Å². The Kier molecular flexibility index (Phi) is 6.11. The molecule has 0 fully saturated rings. The molecule has 0 amide bonds. The fourth-order valence-corrected chi connectivity index (χ4v) is 4.68. The van der Waals surface area contributed by atoms with E-state index in [4.69, 9.17) is 21.1 Å². The fraction of sp³-hybridized carbons (Fsp3) is 0.167. The van der Waals surface area contributed by atoms with E-state index < -0.39 is 5.97 Å². The maximum absolute atomic E-state index is 11.5. The van der Waals surface area contributed by atoms with Gasteiger partial charge in [-0.2, -0.15) is 0 Å². The number of aromatic carboxylic acids is 1. The number of ether oxygens (including phenoxy) is 2. The number of fused-ring (bicyclic) bond motifs is 1. The average molecular weight is 454 g/mol. The number of hydrogen-bond acceptors (Lipinski definition) is 5. The lowest BCUT2D eigenvalue weighted by Crippen LogP contribution is -2.00. The number of benzene rings is 2. The van der Waals surface area contributed by atoms with Crippen molar-refractivity contribution >= 4 is 39.0 Å². The molecule has 0 saturated carbocycles. The number of rotatable bonds is 7. The molecular formula is C24H20ClNO4S. The Balaban J connectivity index is 1.52. The smallest absolute Gasteiger partial charge is 0.338 e. The van der Waals surface area contributed by atoms with Gasteiger partial charge in [0, 0.05) is 23.2 Å². The molecule has 5 nitrogen and oxygen atoms in total. The van der Waals surface area contributed by atoms with Gasteiger partial charge >= 0.3 is 5.97 Å². The molecule has 2 aromatic carbocycles. The number of aryl methyl sites for hydroxylation is 2. The summed E-state index contributed by atoms with van der Waals surface area (Å²) in [4.78, 5) is 15.5. The van der Waals surface area contributed by atoms with Crippen LogP contribution in [-0.4, -0.2) is 16.1 Å². The van der Waals surface area contributed by atoms with E-state index in [0.29, 0.717) is 22.4 Å². The Morgan fingerprint density at radius 3 is 2.42 bits per heavy atom. The minimum absolute atomic E-state index is 0.137. The second kappa shape index (κ2) is 8.96. The highest BCUT2D eigenvalue weighted by Crippen LogP contribution is 2.34. The standard InChI is InChI=1S/C24H20ClNO4S/c1-14-7-18(29-11-16-6-4-3-5-15(16)2)9-19(8-14)30-12-17-13-31-22-20(24(27)28)10-26-23(25)21(17)22/h3-10,13H,11-12H2,1-2H3,(H,27,28). The van der Waals surface area contributed by atoms with Crippen molar-refractivity contribution in [2.24, 2.45) is 0 Å². The van der Waals surface area contributed by atoms with Gasteiger partial charge in [-0.15, -0.1) is 11.3 Å². The van der Waals surface area contributed by atoms with E-state index in [2.05, 4.69) is 18.0 Å². The first kappa shape index (κ1) is 21.2. The van der Waals surface area contributed by atoms with Crippen LogP contribution in [0.4, 0.5) is 0 Å². The van der Waals surface area contributed by atoms with E-state index in [1.807, 2.05) is 48.7 Å². The molecule has 0 unspecified atom stereocenters. The molecular weight excluding hydrogens is 434 g/mol. The van der Waals surface area contributed by atoms with Crippen molar-refractivity contribution < 1.29 is 19.4 Å². The lowest BCUT2D eigenvalue weighted by molar-refractivity contribution is 0.0699. The molecule has 31 heavy (non-hydrogen) atoms. The molecule has 4 aromatic rings. The number of pyridine rings is 1. The van der Waals surface area contributed by atoms with Crippen LogP contribution in [0.3, 0.4) is 0 Å². The fourth-order valence-electron chi connectivity index (χ4n) is 3.30. The monoisotopic (exact) mass is 453 g/mol. The zero-order valence-electron chi connectivity index (χ0n) is 17.0. The summed E-state index contributed by atoms with van der Waals surface area (Å²) >= 11 is 7.57. The summed E-state index contributed by atoms with van der Waals surface area (Å²) in [6.45, 7) is 4.76. The molecule has 0 aliphatic heterocycles. The van der Waals surface area contributed by atoms with Crippen molar-refractivity contribution in [3.8, 4) is 11.5 Å². The summed E-state index contributed by atoms with van der Waals surface area (Å²) < 4.78 is 12.6. The highest BCUT2D eigenvalue weighted by molar-refractivity contribution is 7.17. The number of halogens is 1. The van der Waals surface area contributed by atoms with Crippen LogP contribution in [0.5, 0.6) is 11.5 Å². The first-order chi connectivity index (χ1) is 14.9. The van der Waals surface area contributed by atoms with E-state index >= 15 is 0 Å². The summed E-state index contributed by atoms with van der Waals surface area (Å²) in [5, 5.41) is 12.1. The minimum Gasteiger partial charge on any atom is -0.489 e. The maximum Gasteiger partial charge on any atom is 0.338 e. The van der Waals surface area contributed by atoms with Gasteiger partial charge in [-0.1, -0.05) is 35.9 Å². The average Bonchev–Trinajstić information content (AvgIpc) is 3.16. The topological polar surface area (TPSA) is 68.7 Å². The van der Waals surface area contributed by atoms with Crippen LogP contribution < -0.4 is 9.47 Å². The SMILES string of the molecule is Cc1cc(OCc2ccccc2C)cc(OCc2csc3c(C(=O)O)cnc(Cl)c23)c1. The highest BCUT2D eigenvalue weighted by atomic mass is 35.5. The predicted molar refractivity (Wildman–Crippen MR) is 123 cm³/mol. The molecule has 0 radical (unpaired) electrons. The number of nitrogens with zero attached hydrogens (tertiary/aromatic N) is 1. The van der Waals surface area contributed by atoms with Crippen LogP contribution >= 0.6 is 22.9 Å². The Morgan fingerprint density at radius 1 is 1.06 bits per heavy atom. The van der Waals surface area contributed by atoms with Gasteiger partial charge in [0.2, 0.25) is 0 Å². The molecule has 0 aliphatic rings. The molecule has 4 rings (SSSR count). The van der Waals surface area contributed by atoms with E-state index in [-0.39, 0.29) is 17.3 Å². The van der Waals surface area contributed by atoms with E-state index in [9.17, 15) is 9.90 Å². The van der Waals surface area contributed by atoms with Crippen LogP contribution in [0, 0.1) is 13.8 Å². The van der Waals surface area contributed by atoms with Gasteiger partial charge in [-0.05, 0) is 48.1 Å². The summed E-state index contributed by atoms with van der Waals surface area (Å²) in [6, 6.07) is 13.9. The van der Waals surface area contributed by atoms with Gasteiger partial charge in [0.05, 0.1) is 10.3 Å². The highest BCUT2D eigenvalue weighted by Gasteiger charge is 2.17. The summed E-state index contributed by atoms with van der Waals surface area (Å²) in [7, 11) is 0. The zero-order valence-corrected chi connectivity index (χ0v) is 18.6. The molecule has 0 atom stereocenters. The molecule has 158 valence electrons. The van der Waals surface area contributed by atoms with Crippen molar-refractivity contribution in [3.05, 3.63) is 87.0 Å². The minimum atomic E-state index is -1.03. The quantitative estimate of drug-likeness (QED) is 0.327. The largest absolute Gasteiger partial charge is 0.489 e. The lowest BCUT2D eigenvalue weighted by atomic mass is 10.1. The van der Waals surface area contributed by atoms with Gasteiger partial charge in [-0.3, -0.25) is 0 Å². The molecule has 0 spiro atoms. The first-order valence-corrected chi connectivity index (χ1v) is 10.9. The Hall–Kier alpha value is -3.09. The number of carbonyl (C=O) groups is 1. The van der Waals surface area contributed by atoms with Gasteiger partial charge < -0.3 is 14.6 Å². The number of thiophene rings is 1. The van der Waals surface area contributed by atoms with E-state index in [1.54, 1.807) is 0 Å². The molecule has 2 aromatic heterocycles. The van der Waals surface area contributed by atoms with E-state index in [0.717, 1.165) is 22.4 Å². The number of carboxylic acids is 1. The number of aromatic nitrogens is 1. The molecule has 0 bridgehead atoms. The van der Waals surface area contributed by atoms with Crippen molar-refractivity contribution in [2.45, 2.75) is 27.1 Å². The third kappa shape index (κ3) is 4.65. The summed E-state index contributed by atoms with van der Waals surface area (Å²) in [6.07, 6.45) is 1.28. The normalized spacial score (nSPS) is 10.9. The Bertz CT molecular complexity index is 1270.